The van der Waals surface area contributed by atoms with Crippen LogP contribution in [0, 0.1) is 6.92 Å². The number of hydrogen-bond acceptors (Lipinski definition) is 2. The van der Waals surface area contributed by atoms with Gasteiger partial charge in [-0.3, -0.25) is 4.98 Å². The van der Waals surface area contributed by atoms with Crippen molar-refractivity contribution in [3.63, 3.8) is 0 Å². The molecular weight excluding hydrogens is 162 g/mol. The van der Waals surface area contributed by atoms with E-state index in [1.807, 2.05) is 19.2 Å². The summed E-state index contributed by atoms with van der Waals surface area (Å²) in [4.78, 5) is 4.22. The second-order valence-electron chi connectivity index (χ2n) is 3.97. The van der Waals surface area contributed by atoms with Crippen LogP contribution in [0.4, 0.5) is 0 Å². The van der Waals surface area contributed by atoms with Crippen molar-refractivity contribution in [1.82, 2.24) is 4.98 Å². The van der Waals surface area contributed by atoms with E-state index in [1.165, 1.54) is 5.56 Å². The van der Waals surface area contributed by atoms with Crippen LogP contribution in [-0.4, -0.2) is 15.7 Å². The zero-order valence-electron chi connectivity index (χ0n) is 7.95. The normalized spacial score (nSPS) is 18.6. The van der Waals surface area contributed by atoms with Gasteiger partial charge in [0.15, 0.2) is 0 Å². The SMILES string of the molecule is Cc1ncccc1CCC1(O)CC1. The highest BCUT2D eigenvalue weighted by Crippen LogP contribution is 2.39. The molecule has 1 aliphatic rings. The average molecular weight is 177 g/mol. The molecule has 1 aromatic rings. The van der Waals surface area contributed by atoms with Crippen LogP contribution in [0.3, 0.4) is 0 Å². The van der Waals surface area contributed by atoms with Crippen molar-refractivity contribution in [1.29, 1.82) is 0 Å². The van der Waals surface area contributed by atoms with Crippen molar-refractivity contribution in [2.75, 3.05) is 0 Å². The fourth-order valence-electron chi connectivity index (χ4n) is 1.54. The van der Waals surface area contributed by atoms with Crippen molar-refractivity contribution in [2.24, 2.45) is 0 Å². The fraction of sp³-hybridized carbons (Fsp3) is 0.545. The molecule has 13 heavy (non-hydrogen) atoms. The van der Waals surface area contributed by atoms with E-state index in [2.05, 4.69) is 11.1 Å². The topological polar surface area (TPSA) is 33.1 Å². The first-order chi connectivity index (χ1) is 6.20. The zero-order valence-corrected chi connectivity index (χ0v) is 7.95. The van der Waals surface area contributed by atoms with Gasteiger partial charge in [0, 0.05) is 11.9 Å². The molecule has 0 unspecified atom stereocenters. The lowest BCUT2D eigenvalue weighted by atomic mass is 10.1. The third kappa shape index (κ3) is 2.07. The van der Waals surface area contributed by atoms with E-state index in [0.29, 0.717) is 0 Å². The van der Waals surface area contributed by atoms with Gasteiger partial charge in [0.2, 0.25) is 0 Å². The zero-order chi connectivity index (χ0) is 9.31. The summed E-state index contributed by atoms with van der Waals surface area (Å²) >= 11 is 0. The summed E-state index contributed by atoms with van der Waals surface area (Å²) in [6.07, 6.45) is 5.61. The van der Waals surface area contributed by atoms with E-state index >= 15 is 0 Å². The second kappa shape index (κ2) is 3.11. The Labute approximate surface area is 78.6 Å². The first kappa shape index (κ1) is 8.70. The summed E-state index contributed by atoms with van der Waals surface area (Å²) in [5, 5.41) is 9.66. The van der Waals surface area contributed by atoms with Gasteiger partial charge in [0.1, 0.15) is 0 Å². The Hall–Kier alpha value is -0.890. The lowest BCUT2D eigenvalue weighted by molar-refractivity contribution is 0.140. The Morgan fingerprint density at radius 3 is 2.92 bits per heavy atom. The third-order valence-electron chi connectivity index (χ3n) is 2.80. The lowest BCUT2D eigenvalue weighted by Gasteiger charge is -2.08. The van der Waals surface area contributed by atoms with E-state index in [4.69, 9.17) is 0 Å². The molecule has 0 bridgehead atoms. The van der Waals surface area contributed by atoms with Gasteiger partial charge in [-0.25, -0.2) is 0 Å². The van der Waals surface area contributed by atoms with E-state index < -0.39 is 0 Å². The van der Waals surface area contributed by atoms with E-state index in [0.717, 1.165) is 31.4 Å². The quantitative estimate of drug-likeness (QED) is 0.764. The maximum absolute atomic E-state index is 9.66. The summed E-state index contributed by atoms with van der Waals surface area (Å²) in [7, 11) is 0. The number of rotatable bonds is 3. The van der Waals surface area contributed by atoms with Crippen LogP contribution in [0.15, 0.2) is 18.3 Å². The Kier molecular flexibility index (Phi) is 2.08. The predicted molar refractivity (Wildman–Crippen MR) is 51.5 cm³/mol. The van der Waals surface area contributed by atoms with Gasteiger partial charge in [-0.1, -0.05) is 6.07 Å². The summed E-state index contributed by atoms with van der Waals surface area (Å²) in [6, 6.07) is 4.05. The molecule has 0 atom stereocenters. The standard InChI is InChI=1S/C11H15NO/c1-9-10(3-2-8-12-9)4-5-11(13)6-7-11/h2-3,8,13H,4-7H2,1H3. The van der Waals surface area contributed by atoms with Crippen LogP contribution < -0.4 is 0 Å². The van der Waals surface area contributed by atoms with Gasteiger partial charge in [0.25, 0.3) is 0 Å². The van der Waals surface area contributed by atoms with Crippen LogP contribution in [0.5, 0.6) is 0 Å². The Bertz CT molecular complexity index is 305. The van der Waals surface area contributed by atoms with E-state index in [9.17, 15) is 5.11 Å². The highest BCUT2D eigenvalue weighted by molar-refractivity contribution is 5.19. The number of hydrogen-bond donors (Lipinski definition) is 1. The molecular formula is C11H15NO. The summed E-state index contributed by atoms with van der Waals surface area (Å²) in [5.74, 6) is 0. The number of aryl methyl sites for hydroxylation is 2. The maximum atomic E-state index is 9.66. The number of aliphatic hydroxyl groups is 1. The average Bonchev–Trinajstić information content (AvgIpc) is 2.83. The number of nitrogens with zero attached hydrogens (tertiary/aromatic N) is 1. The van der Waals surface area contributed by atoms with Crippen LogP contribution >= 0.6 is 0 Å². The summed E-state index contributed by atoms with van der Waals surface area (Å²) < 4.78 is 0. The van der Waals surface area contributed by atoms with Crippen LogP contribution in [0.25, 0.3) is 0 Å². The first-order valence-corrected chi connectivity index (χ1v) is 4.82. The molecule has 0 aromatic carbocycles. The minimum absolute atomic E-state index is 0.331. The van der Waals surface area contributed by atoms with Crippen molar-refractivity contribution in [3.05, 3.63) is 29.6 Å². The first-order valence-electron chi connectivity index (χ1n) is 4.82. The molecule has 1 N–H and O–H groups in total. The largest absolute Gasteiger partial charge is 0.390 e. The van der Waals surface area contributed by atoms with E-state index in [-0.39, 0.29) is 5.60 Å². The van der Waals surface area contributed by atoms with Crippen LogP contribution in [0.1, 0.15) is 30.5 Å². The Morgan fingerprint density at radius 2 is 2.31 bits per heavy atom. The van der Waals surface area contributed by atoms with Crippen LogP contribution in [-0.2, 0) is 6.42 Å². The molecule has 2 heteroatoms. The molecule has 1 aromatic heterocycles. The molecule has 0 radical (unpaired) electrons. The Balaban J connectivity index is 1.97. The third-order valence-corrected chi connectivity index (χ3v) is 2.80. The molecule has 70 valence electrons. The highest BCUT2D eigenvalue weighted by Gasteiger charge is 2.39. The predicted octanol–water partition coefficient (Wildman–Crippen LogP) is 1.85. The Morgan fingerprint density at radius 1 is 1.54 bits per heavy atom. The molecule has 1 heterocycles. The summed E-state index contributed by atoms with van der Waals surface area (Å²) in [5.41, 5.74) is 2.03. The van der Waals surface area contributed by atoms with Gasteiger partial charge in [-0.05, 0) is 44.2 Å². The minimum atomic E-state index is -0.331. The van der Waals surface area contributed by atoms with Crippen LogP contribution in [0.2, 0.25) is 0 Å². The molecule has 2 nitrogen and oxygen atoms in total. The maximum Gasteiger partial charge on any atom is 0.0653 e. The molecule has 0 saturated heterocycles. The van der Waals surface area contributed by atoms with Gasteiger partial charge in [0.05, 0.1) is 5.60 Å². The van der Waals surface area contributed by atoms with Gasteiger partial charge in [-0.15, -0.1) is 0 Å². The van der Waals surface area contributed by atoms with E-state index in [1.54, 1.807) is 0 Å². The molecule has 1 fully saturated rings. The molecule has 0 aliphatic heterocycles. The van der Waals surface area contributed by atoms with Gasteiger partial charge < -0.3 is 5.11 Å². The molecule has 2 rings (SSSR count). The fourth-order valence-corrected chi connectivity index (χ4v) is 1.54. The number of aromatic nitrogens is 1. The molecule has 1 saturated carbocycles. The van der Waals surface area contributed by atoms with Crippen molar-refractivity contribution < 1.29 is 5.11 Å². The van der Waals surface area contributed by atoms with Crippen molar-refractivity contribution in [2.45, 2.75) is 38.2 Å². The van der Waals surface area contributed by atoms with Crippen molar-refractivity contribution in [3.8, 4) is 0 Å². The summed E-state index contributed by atoms with van der Waals surface area (Å²) in [6.45, 7) is 2.02. The second-order valence-corrected chi connectivity index (χ2v) is 3.97. The number of pyridine rings is 1. The molecule has 1 aliphatic carbocycles. The monoisotopic (exact) mass is 177 g/mol. The van der Waals surface area contributed by atoms with Crippen molar-refractivity contribution >= 4 is 0 Å². The van der Waals surface area contributed by atoms with Gasteiger partial charge in [-0.2, -0.15) is 0 Å². The van der Waals surface area contributed by atoms with Gasteiger partial charge >= 0.3 is 0 Å². The highest BCUT2D eigenvalue weighted by atomic mass is 16.3. The molecule has 0 amide bonds. The molecule has 0 spiro atoms. The smallest absolute Gasteiger partial charge is 0.0653 e. The lowest BCUT2D eigenvalue weighted by Crippen LogP contribution is -2.08. The minimum Gasteiger partial charge on any atom is -0.390 e.